The standard InChI is InChI=1S/C30H42O3/c1-17-15-30(32)24(21-12-10-9-11-13-21)25-28(7)16-33-22(28)14-18(2)29(25,8)26(31)20(4)23(19(17)3)27(30,5)6/h9-13,17-18,20,22,24-25,32H,14-16H2,1-8H3/t17-,18-,20+,22+,24?,25?,28+,29+,30+/m0/s1. The fraction of sp³-hybridized carbons (Fsp3) is 0.700. The minimum absolute atomic E-state index is 0.0151. The Morgan fingerprint density at radius 1 is 1.03 bits per heavy atom. The lowest BCUT2D eigenvalue weighted by atomic mass is 9.37. The van der Waals surface area contributed by atoms with Crippen LogP contribution in [0.25, 0.3) is 0 Å². The van der Waals surface area contributed by atoms with E-state index in [0.29, 0.717) is 12.4 Å². The average Bonchev–Trinajstić information content (AvgIpc) is 2.76. The number of benzene rings is 1. The first-order valence-electron chi connectivity index (χ1n) is 13.0. The van der Waals surface area contributed by atoms with E-state index < -0.39 is 16.4 Å². The van der Waals surface area contributed by atoms with E-state index in [4.69, 9.17) is 4.74 Å². The van der Waals surface area contributed by atoms with Crippen LogP contribution >= 0.6 is 0 Å². The number of rotatable bonds is 1. The summed E-state index contributed by atoms with van der Waals surface area (Å²) in [5.41, 5.74) is 1.55. The Bertz CT molecular complexity index is 1010. The predicted octanol–water partition coefficient (Wildman–Crippen LogP) is 6.17. The van der Waals surface area contributed by atoms with Crippen molar-refractivity contribution in [1.29, 1.82) is 0 Å². The molecule has 3 nitrogen and oxygen atoms in total. The lowest BCUT2D eigenvalue weighted by Gasteiger charge is -2.70. The Balaban J connectivity index is 1.88. The van der Waals surface area contributed by atoms with Crippen molar-refractivity contribution in [2.75, 3.05) is 6.61 Å². The summed E-state index contributed by atoms with van der Waals surface area (Å²) in [7, 11) is 0. The van der Waals surface area contributed by atoms with Gasteiger partial charge in [0.05, 0.1) is 18.3 Å². The molecule has 5 rings (SSSR count). The number of ketones is 1. The number of carbonyl (C=O) groups is 1. The van der Waals surface area contributed by atoms with Gasteiger partial charge in [-0.25, -0.2) is 0 Å². The molecule has 3 fully saturated rings. The third kappa shape index (κ3) is 2.67. The van der Waals surface area contributed by atoms with Gasteiger partial charge in [0.25, 0.3) is 0 Å². The highest BCUT2D eigenvalue weighted by atomic mass is 16.5. The molecule has 1 heterocycles. The van der Waals surface area contributed by atoms with Crippen molar-refractivity contribution >= 4 is 5.78 Å². The van der Waals surface area contributed by atoms with Crippen molar-refractivity contribution in [3.63, 3.8) is 0 Å². The number of hydrogen-bond acceptors (Lipinski definition) is 3. The molecule has 3 aliphatic carbocycles. The molecule has 2 saturated carbocycles. The third-order valence-corrected chi connectivity index (χ3v) is 11.2. The fourth-order valence-corrected chi connectivity index (χ4v) is 9.04. The van der Waals surface area contributed by atoms with Crippen molar-refractivity contribution in [2.45, 2.75) is 85.9 Å². The second kappa shape index (κ2) is 7.04. The number of ether oxygens (including phenoxy) is 1. The Labute approximate surface area is 200 Å². The molecule has 1 aliphatic heterocycles. The third-order valence-electron chi connectivity index (χ3n) is 11.2. The van der Waals surface area contributed by atoms with Gasteiger partial charge in [-0.15, -0.1) is 0 Å². The Morgan fingerprint density at radius 3 is 2.24 bits per heavy atom. The molecule has 9 atom stereocenters. The van der Waals surface area contributed by atoms with Gasteiger partial charge in [-0.1, -0.05) is 89.9 Å². The summed E-state index contributed by atoms with van der Waals surface area (Å²) in [6, 6.07) is 10.6. The summed E-state index contributed by atoms with van der Waals surface area (Å²) >= 11 is 0. The first-order chi connectivity index (χ1) is 15.3. The zero-order valence-corrected chi connectivity index (χ0v) is 21.7. The van der Waals surface area contributed by atoms with Crippen LogP contribution in [-0.4, -0.2) is 29.2 Å². The molecule has 1 aromatic carbocycles. The first kappa shape index (κ1) is 23.3. The topological polar surface area (TPSA) is 46.5 Å². The van der Waals surface area contributed by atoms with E-state index in [1.165, 1.54) is 16.7 Å². The quantitative estimate of drug-likeness (QED) is 0.521. The minimum Gasteiger partial charge on any atom is -0.388 e. The lowest BCUT2D eigenvalue weighted by Crippen LogP contribution is -2.72. The number of allylic oxidation sites excluding steroid dienone is 1. The maximum absolute atomic E-state index is 14.6. The highest BCUT2D eigenvalue weighted by molar-refractivity contribution is 5.91. The van der Waals surface area contributed by atoms with Gasteiger partial charge in [-0.2, -0.15) is 0 Å². The molecule has 3 heteroatoms. The van der Waals surface area contributed by atoms with E-state index in [1.54, 1.807) is 0 Å². The molecule has 33 heavy (non-hydrogen) atoms. The Morgan fingerprint density at radius 2 is 1.67 bits per heavy atom. The van der Waals surface area contributed by atoms with Crippen LogP contribution in [0.5, 0.6) is 0 Å². The number of Topliss-reactive ketones (excluding diaryl/α,β-unsaturated/α-hetero) is 1. The van der Waals surface area contributed by atoms with E-state index in [1.807, 2.05) is 6.07 Å². The molecule has 0 aromatic heterocycles. The van der Waals surface area contributed by atoms with Gasteiger partial charge in [-0.3, -0.25) is 4.79 Å². The molecule has 0 amide bonds. The van der Waals surface area contributed by atoms with Gasteiger partial charge >= 0.3 is 0 Å². The summed E-state index contributed by atoms with van der Waals surface area (Å²) in [5, 5.41) is 13.0. The van der Waals surface area contributed by atoms with Crippen LogP contribution in [0, 0.1) is 39.9 Å². The Hall–Kier alpha value is -1.45. The summed E-state index contributed by atoms with van der Waals surface area (Å²) in [6.07, 6.45) is 1.79. The van der Waals surface area contributed by atoms with E-state index in [2.05, 4.69) is 79.7 Å². The molecule has 2 unspecified atom stereocenters. The van der Waals surface area contributed by atoms with Crippen molar-refractivity contribution in [2.24, 2.45) is 39.9 Å². The maximum Gasteiger partial charge on any atom is 0.146 e. The molecule has 4 aliphatic rings. The number of hydrogen-bond donors (Lipinski definition) is 1. The summed E-state index contributed by atoms with van der Waals surface area (Å²) in [4.78, 5) is 14.6. The van der Waals surface area contributed by atoms with E-state index in [-0.39, 0.29) is 41.1 Å². The molecule has 0 radical (unpaired) electrons. The zero-order valence-electron chi connectivity index (χ0n) is 21.7. The van der Waals surface area contributed by atoms with Crippen LogP contribution in [0.4, 0.5) is 0 Å². The molecular formula is C30H42O3. The van der Waals surface area contributed by atoms with Crippen LogP contribution < -0.4 is 0 Å². The highest BCUT2D eigenvalue weighted by Gasteiger charge is 2.72. The number of carbonyl (C=O) groups excluding carboxylic acids is 1. The van der Waals surface area contributed by atoms with Crippen LogP contribution in [0.2, 0.25) is 0 Å². The summed E-state index contributed by atoms with van der Waals surface area (Å²) in [5.74, 6) is 0.492. The summed E-state index contributed by atoms with van der Waals surface area (Å²) in [6.45, 7) is 18.4. The average molecular weight is 451 g/mol. The Kier molecular flexibility index (Phi) is 4.97. The van der Waals surface area contributed by atoms with Gasteiger partial charge in [0.2, 0.25) is 0 Å². The molecule has 1 aromatic rings. The molecule has 180 valence electrons. The molecule has 1 saturated heterocycles. The smallest absolute Gasteiger partial charge is 0.146 e. The molecule has 1 N–H and O–H groups in total. The molecule has 2 bridgehead atoms. The number of fused-ring (bicyclic) bond motifs is 5. The lowest BCUT2D eigenvalue weighted by molar-refractivity contribution is -0.283. The second-order valence-corrected chi connectivity index (χ2v) is 12.9. The predicted molar refractivity (Wildman–Crippen MR) is 132 cm³/mol. The van der Waals surface area contributed by atoms with Gasteiger partial charge in [-0.05, 0) is 43.1 Å². The van der Waals surface area contributed by atoms with E-state index >= 15 is 0 Å². The first-order valence-corrected chi connectivity index (χ1v) is 13.0. The number of aliphatic hydroxyl groups is 1. The van der Waals surface area contributed by atoms with Crippen LogP contribution in [-0.2, 0) is 9.53 Å². The fourth-order valence-electron chi connectivity index (χ4n) is 9.04. The highest BCUT2D eigenvalue weighted by Crippen LogP contribution is 2.71. The maximum atomic E-state index is 14.6. The van der Waals surface area contributed by atoms with E-state index in [0.717, 1.165) is 12.8 Å². The van der Waals surface area contributed by atoms with Gasteiger partial charge < -0.3 is 9.84 Å². The van der Waals surface area contributed by atoms with Gasteiger partial charge in [0, 0.05) is 28.1 Å². The molecular weight excluding hydrogens is 408 g/mol. The van der Waals surface area contributed by atoms with E-state index in [9.17, 15) is 9.90 Å². The van der Waals surface area contributed by atoms with Crippen molar-refractivity contribution in [1.82, 2.24) is 0 Å². The second-order valence-electron chi connectivity index (χ2n) is 12.9. The van der Waals surface area contributed by atoms with Gasteiger partial charge in [0.1, 0.15) is 5.78 Å². The zero-order chi connectivity index (χ0) is 24.1. The van der Waals surface area contributed by atoms with Gasteiger partial charge in [0.15, 0.2) is 0 Å². The molecule has 0 spiro atoms. The van der Waals surface area contributed by atoms with Crippen LogP contribution in [0.1, 0.15) is 79.7 Å². The van der Waals surface area contributed by atoms with Crippen LogP contribution in [0.3, 0.4) is 0 Å². The minimum atomic E-state index is -0.955. The van der Waals surface area contributed by atoms with Crippen molar-refractivity contribution in [3.8, 4) is 0 Å². The van der Waals surface area contributed by atoms with Crippen LogP contribution in [0.15, 0.2) is 41.5 Å². The summed E-state index contributed by atoms with van der Waals surface area (Å²) < 4.78 is 6.15. The van der Waals surface area contributed by atoms with Crippen molar-refractivity contribution in [3.05, 3.63) is 47.0 Å². The van der Waals surface area contributed by atoms with Crippen molar-refractivity contribution < 1.29 is 14.6 Å². The largest absolute Gasteiger partial charge is 0.388 e. The normalized spacial score (nSPS) is 48.8. The SMILES string of the molecule is CC1=C2[C@@H](C)C(=O)[C@@]3(C)C(C(c4ccccc4)[C@](O)(C[C@@H]1C)C2(C)C)[C@]1(C)CO[C@@H]1C[C@@H]3C. The monoisotopic (exact) mass is 450 g/mol.